The molecule has 4 amide bonds. The first kappa shape index (κ1) is 24.5. The van der Waals surface area contributed by atoms with Crippen LogP contribution in [0, 0.1) is 0 Å². The number of halogens is 2. The van der Waals surface area contributed by atoms with Crippen LogP contribution in [0.1, 0.15) is 18.1 Å². The van der Waals surface area contributed by atoms with Gasteiger partial charge < -0.3 is 9.47 Å². The van der Waals surface area contributed by atoms with E-state index in [2.05, 4.69) is 21.2 Å². The molecule has 0 saturated carbocycles. The highest BCUT2D eigenvalue weighted by Gasteiger charge is 2.36. The number of anilines is 1. The number of urea groups is 1. The van der Waals surface area contributed by atoms with Gasteiger partial charge in [0, 0.05) is 5.02 Å². The van der Waals surface area contributed by atoms with Crippen molar-refractivity contribution in [3.63, 3.8) is 0 Å². The van der Waals surface area contributed by atoms with Gasteiger partial charge in [0.1, 0.15) is 12.2 Å². The van der Waals surface area contributed by atoms with Gasteiger partial charge in [-0.05, 0) is 76.5 Å². The summed E-state index contributed by atoms with van der Waals surface area (Å²) in [6.07, 6.45) is 1.41. The number of ether oxygens (including phenoxy) is 2. The Labute approximate surface area is 215 Å². The first-order valence-corrected chi connectivity index (χ1v) is 11.8. The fourth-order valence-corrected chi connectivity index (χ4v) is 4.28. The Kier molecular flexibility index (Phi) is 7.53. The third-order valence-electron chi connectivity index (χ3n) is 5.03. The number of benzene rings is 3. The number of amides is 4. The number of imide groups is 2. The van der Waals surface area contributed by atoms with Crippen LogP contribution in [0.5, 0.6) is 11.5 Å². The lowest BCUT2D eigenvalue weighted by Crippen LogP contribution is -2.54. The van der Waals surface area contributed by atoms with Crippen molar-refractivity contribution in [1.29, 1.82) is 0 Å². The molecule has 0 aromatic heterocycles. The van der Waals surface area contributed by atoms with E-state index in [1.165, 1.54) is 6.08 Å². The Morgan fingerprint density at radius 2 is 1.77 bits per heavy atom. The molecule has 1 heterocycles. The van der Waals surface area contributed by atoms with Crippen molar-refractivity contribution in [3.05, 3.63) is 92.9 Å². The van der Waals surface area contributed by atoms with Crippen molar-refractivity contribution in [1.82, 2.24) is 5.32 Å². The van der Waals surface area contributed by atoms with Crippen molar-refractivity contribution < 1.29 is 23.9 Å². The lowest BCUT2D eigenvalue weighted by molar-refractivity contribution is -0.122. The summed E-state index contributed by atoms with van der Waals surface area (Å²) in [7, 11) is 0. The SMILES string of the molecule is CCOc1cc(/C=C2\C(=O)NC(=O)N(c3ccccc3)C2=O)cc(Br)c1OCc1cccc(Cl)c1. The van der Waals surface area contributed by atoms with E-state index < -0.39 is 17.8 Å². The average Bonchev–Trinajstić information content (AvgIpc) is 2.82. The molecule has 1 aliphatic heterocycles. The maximum Gasteiger partial charge on any atom is 0.335 e. The minimum atomic E-state index is -0.802. The number of hydrogen-bond acceptors (Lipinski definition) is 5. The molecule has 3 aromatic rings. The zero-order valence-corrected chi connectivity index (χ0v) is 20.9. The molecule has 1 fully saturated rings. The first-order valence-electron chi connectivity index (χ1n) is 10.7. The van der Waals surface area contributed by atoms with Crippen LogP contribution < -0.4 is 19.7 Å². The predicted octanol–water partition coefficient (Wildman–Crippen LogP) is 5.75. The van der Waals surface area contributed by atoms with Gasteiger partial charge in [0.15, 0.2) is 11.5 Å². The maximum atomic E-state index is 13.1. The van der Waals surface area contributed by atoms with E-state index in [0.29, 0.717) is 38.9 Å². The van der Waals surface area contributed by atoms with Gasteiger partial charge in [0.05, 0.1) is 16.8 Å². The van der Waals surface area contributed by atoms with Crippen LogP contribution in [0.3, 0.4) is 0 Å². The summed E-state index contributed by atoms with van der Waals surface area (Å²) in [6.45, 7) is 2.46. The highest BCUT2D eigenvalue weighted by molar-refractivity contribution is 9.10. The molecule has 9 heteroatoms. The van der Waals surface area contributed by atoms with Gasteiger partial charge in [-0.3, -0.25) is 14.9 Å². The summed E-state index contributed by atoms with van der Waals surface area (Å²) in [5.74, 6) is -0.604. The fourth-order valence-electron chi connectivity index (χ4n) is 3.49. The Balaban J connectivity index is 1.66. The molecule has 0 radical (unpaired) electrons. The predicted molar refractivity (Wildman–Crippen MR) is 137 cm³/mol. The monoisotopic (exact) mass is 554 g/mol. The van der Waals surface area contributed by atoms with Crippen LogP contribution in [0.15, 0.2) is 76.8 Å². The second kappa shape index (κ2) is 10.8. The molecule has 7 nitrogen and oxygen atoms in total. The minimum absolute atomic E-state index is 0.185. The normalized spacial score (nSPS) is 14.8. The summed E-state index contributed by atoms with van der Waals surface area (Å²) < 4.78 is 12.3. The molecule has 1 aliphatic rings. The molecule has 4 rings (SSSR count). The van der Waals surface area contributed by atoms with E-state index >= 15 is 0 Å². The Bertz CT molecular complexity index is 1330. The van der Waals surface area contributed by atoms with E-state index in [-0.39, 0.29) is 12.2 Å². The van der Waals surface area contributed by atoms with Gasteiger partial charge in [-0.2, -0.15) is 0 Å². The number of carbonyl (C=O) groups excluding carboxylic acids is 3. The van der Waals surface area contributed by atoms with Crippen molar-refractivity contribution in [2.45, 2.75) is 13.5 Å². The molecule has 35 heavy (non-hydrogen) atoms. The van der Waals surface area contributed by atoms with E-state index in [9.17, 15) is 14.4 Å². The largest absolute Gasteiger partial charge is 0.490 e. The van der Waals surface area contributed by atoms with Crippen molar-refractivity contribution in [3.8, 4) is 11.5 Å². The number of nitrogens with one attached hydrogen (secondary N) is 1. The molecule has 0 spiro atoms. The Morgan fingerprint density at radius 3 is 2.49 bits per heavy atom. The fraction of sp³-hybridized carbons (Fsp3) is 0.115. The van der Waals surface area contributed by atoms with Crippen LogP contribution in [-0.4, -0.2) is 24.5 Å². The molecule has 0 atom stereocenters. The van der Waals surface area contributed by atoms with Crippen LogP contribution >= 0.6 is 27.5 Å². The van der Waals surface area contributed by atoms with Crippen molar-refractivity contribution in [2.75, 3.05) is 11.5 Å². The van der Waals surface area contributed by atoms with Crippen LogP contribution in [0.25, 0.3) is 6.08 Å². The third-order valence-corrected chi connectivity index (χ3v) is 5.86. The van der Waals surface area contributed by atoms with Gasteiger partial charge in [0.2, 0.25) is 0 Å². The van der Waals surface area contributed by atoms with E-state index in [4.69, 9.17) is 21.1 Å². The van der Waals surface area contributed by atoms with E-state index in [1.807, 2.05) is 25.1 Å². The van der Waals surface area contributed by atoms with Crippen LogP contribution in [-0.2, 0) is 16.2 Å². The van der Waals surface area contributed by atoms with Gasteiger partial charge in [-0.15, -0.1) is 0 Å². The summed E-state index contributed by atoms with van der Waals surface area (Å²) in [6, 6.07) is 18.3. The van der Waals surface area contributed by atoms with Gasteiger partial charge in [0.25, 0.3) is 11.8 Å². The first-order chi connectivity index (χ1) is 16.9. The average molecular weight is 556 g/mol. The highest BCUT2D eigenvalue weighted by atomic mass is 79.9. The molecular weight excluding hydrogens is 536 g/mol. The lowest BCUT2D eigenvalue weighted by atomic mass is 10.1. The molecule has 1 N–H and O–H groups in total. The van der Waals surface area contributed by atoms with Crippen molar-refractivity contribution in [2.24, 2.45) is 0 Å². The Morgan fingerprint density at radius 1 is 1.00 bits per heavy atom. The zero-order chi connectivity index (χ0) is 24.9. The van der Waals surface area contributed by atoms with E-state index in [0.717, 1.165) is 10.5 Å². The second-order valence-electron chi connectivity index (χ2n) is 7.47. The summed E-state index contributed by atoms with van der Waals surface area (Å²) in [5.41, 5.74) is 1.56. The molecule has 0 bridgehead atoms. The summed E-state index contributed by atoms with van der Waals surface area (Å²) in [5, 5.41) is 2.82. The molecule has 3 aromatic carbocycles. The van der Waals surface area contributed by atoms with E-state index in [1.54, 1.807) is 48.5 Å². The summed E-state index contributed by atoms with van der Waals surface area (Å²) in [4.78, 5) is 38.9. The van der Waals surface area contributed by atoms with Gasteiger partial charge in [-0.1, -0.05) is 41.9 Å². The number of rotatable bonds is 7. The Hall–Kier alpha value is -3.62. The molecule has 0 aliphatic carbocycles. The number of barbiturate groups is 1. The molecule has 1 saturated heterocycles. The topological polar surface area (TPSA) is 84.9 Å². The van der Waals surface area contributed by atoms with Crippen LogP contribution in [0.2, 0.25) is 5.02 Å². The number of para-hydroxylation sites is 1. The number of hydrogen-bond donors (Lipinski definition) is 1. The quantitative estimate of drug-likeness (QED) is 0.297. The summed E-state index contributed by atoms with van der Waals surface area (Å²) >= 11 is 9.55. The van der Waals surface area contributed by atoms with Gasteiger partial charge >= 0.3 is 6.03 Å². The number of nitrogens with zero attached hydrogens (tertiary/aromatic N) is 1. The van der Waals surface area contributed by atoms with Crippen LogP contribution in [0.4, 0.5) is 10.5 Å². The smallest absolute Gasteiger partial charge is 0.335 e. The third kappa shape index (κ3) is 5.55. The zero-order valence-electron chi connectivity index (χ0n) is 18.6. The highest BCUT2D eigenvalue weighted by Crippen LogP contribution is 2.38. The minimum Gasteiger partial charge on any atom is -0.490 e. The second-order valence-corrected chi connectivity index (χ2v) is 8.77. The number of carbonyl (C=O) groups is 3. The molecular formula is C26H20BrClN2O5. The lowest BCUT2D eigenvalue weighted by Gasteiger charge is -2.26. The standard InChI is InChI=1S/C26H20BrClN2O5/c1-2-34-22-14-17(13-21(27)23(22)35-15-16-7-6-8-18(28)11-16)12-20-24(31)29-26(33)30(25(20)32)19-9-4-3-5-10-19/h3-14H,2,15H2,1H3,(H,29,31,33)/b20-12+. The molecule has 178 valence electrons. The molecule has 0 unspecified atom stereocenters. The van der Waals surface area contributed by atoms with Gasteiger partial charge in [-0.25, -0.2) is 9.69 Å². The maximum absolute atomic E-state index is 13.1. The van der Waals surface area contributed by atoms with Crippen molar-refractivity contribution >= 4 is 57.1 Å².